The first kappa shape index (κ1) is 9.96. The van der Waals surface area contributed by atoms with Crippen LogP contribution in [0.15, 0.2) is 0 Å². The Kier molecular flexibility index (Phi) is 4.58. The van der Waals surface area contributed by atoms with E-state index in [0.717, 1.165) is 6.54 Å². The lowest BCUT2D eigenvalue weighted by Gasteiger charge is -2.17. The lowest BCUT2D eigenvalue weighted by Crippen LogP contribution is -2.38. The fourth-order valence-corrected chi connectivity index (χ4v) is 1.69. The molecule has 72 valence electrons. The number of nitrogens with one attached hydrogen (secondary N) is 1. The summed E-state index contributed by atoms with van der Waals surface area (Å²) in [7, 11) is 1.72. The molecule has 0 aliphatic heterocycles. The molecule has 1 rings (SSSR count). The van der Waals surface area contributed by atoms with Crippen LogP contribution in [-0.4, -0.2) is 32.3 Å². The van der Waals surface area contributed by atoms with Crippen LogP contribution in [0.2, 0.25) is 0 Å². The van der Waals surface area contributed by atoms with Crippen molar-refractivity contribution in [3.8, 4) is 0 Å². The summed E-state index contributed by atoms with van der Waals surface area (Å²) in [4.78, 5) is 0. The molecule has 1 unspecified atom stereocenters. The first-order valence-electron chi connectivity index (χ1n) is 4.83. The molecule has 0 spiro atoms. The predicted molar refractivity (Wildman–Crippen MR) is 50.1 cm³/mol. The fraction of sp³-hybridized carbons (Fsp3) is 1.00. The molecular weight excluding hydrogens is 152 g/mol. The highest BCUT2D eigenvalue weighted by atomic mass is 16.5. The van der Waals surface area contributed by atoms with E-state index in [2.05, 4.69) is 5.32 Å². The van der Waals surface area contributed by atoms with Crippen LogP contribution >= 0.6 is 0 Å². The lowest BCUT2D eigenvalue weighted by molar-refractivity contribution is 0.106. The first-order valence-corrected chi connectivity index (χ1v) is 4.83. The molecule has 1 aliphatic carbocycles. The molecule has 3 nitrogen and oxygen atoms in total. The monoisotopic (exact) mass is 172 g/mol. The zero-order valence-electron chi connectivity index (χ0n) is 7.88. The maximum Gasteiger partial charge on any atom is 0.0817 e. The van der Waals surface area contributed by atoms with E-state index in [0.29, 0.717) is 12.6 Å². The van der Waals surface area contributed by atoms with Crippen LogP contribution in [-0.2, 0) is 4.74 Å². The molecule has 1 fully saturated rings. The van der Waals surface area contributed by atoms with Crippen molar-refractivity contribution in [2.45, 2.75) is 37.8 Å². The molecule has 0 heterocycles. The maximum absolute atomic E-state index is 5.50. The van der Waals surface area contributed by atoms with Crippen LogP contribution < -0.4 is 11.1 Å². The second-order valence-electron chi connectivity index (χ2n) is 3.48. The van der Waals surface area contributed by atoms with Crippen molar-refractivity contribution in [3.63, 3.8) is 0 Å². The summed E-state index contributed by atoms with van der Waals surface area (Å²) < 4.78 is 5.17. The molecule has 0 bridgehead atoms. The van der Waals surface area contributed by atoms with E-state index >= 15 is 0 Å². The number of nitrogens with two attached hydrogens (primary N) is 1. The summed E-state index contributed by atoms with van der Waals surface area (Å²) in [6.45, 7) is 1.51. The van der Waals surface area contributed by atoms with E-state index in [9.17, 15) is 0 Å². The number of hydrogen-bond acceptors (Lipinski definition) is 3. The smallest absolute Gasteiger partial charge is 0.0817 e. The van der Waals surface area contributed by atoms with Gasteiger partial charge < -0.3 is 15.8 Å². The van der Waals surface area contributed by atoms with Crippen LogP contribution in [0, 0.1) is 0 Å². The van der Waals surface area contributed by atoms with Gasteiger partial charge in [-0.2, -0.15) is 0 Å². The molecule has 0 aromatic heterocycles. The Balaban J connectivity index is 2.06. The van der Waals surface area contributed by atoms with Crippen molar-refractivity contribution in [2.24, 2.45) is 5.73 Å². The third kappa shape index (κ3) is 3.09. The molecule has 0 aromatic rings. The average molecular weight is 172 g/mol. The molecule has 0 saturated heterocycles. The van der Waals surface area contributed by atoms with E-state index in [1.807, 2.05) is 0 Å². The highest BCUT2D eigenvalue weighted by Gasteiger charge is 2.15. The van der Waals surface area contributed by atoms with Gasteiger partial charge in [-0.3, -0.25) is 0 Å². The Morgan fingerprint density at radius 1 is 1.50 bits per heavy atom. The average Bonchev–Trinajstić information content (AvgIpc) is 2.59. The van der Waals surface area contributed by atoms with E-state index in [1.165, 1.54) is 25.7 Å². The minimum atomic E-state index is 0.186. The van der Waals surface area contributed by atoms with Crippen LogP contribution in [0.3, 0.4) is 0 Å². The van der Waals surface area contributed by atoms with Gasteiger partial charge in [0.25, 0.3) is 0 Å². The molecule has 0 radical (unpaired) electrons. The van der Waals surface area contributed by atoms with E-state index in [1.54, 1.807) is 7.11 Å². The number of ether oxygens (including phenoxy) is 1. The Morgan fingerprint density at radius 3 is 2.67 bits per heavy atom. The third-order valence-corrected chi connectivity index (χ3v) is 2.59. The van der Waals surface area contributed by atoms with Gasteiger partial charge >= 0.3 is 0 Å². The van der Waals surface area contributed by atoms with Crippen LogP contribution in [0.5, 0.6) is 0 Å². The molecule has 3 heteroatoms. The second kappa shape index (κ2) is 5.51. The van der Waals surface area contributed by atoms with Gasteiger partial charge in [0.05, 0.1) is 6.10 Å². The van der Waals surface area contributed by atoms with Gasteiger partial charge in [-0.1, -0.05) is 12.8 Å². The Hall–Kier alpha value is -0.120. The third-order valence-electron chi connectivity index (χ3n) is 2.59. The molecule has 0 amide bonds. The van der Waals surface area contributed by atoms with Gasteiger partial charge in [-0.05, 0) is 12.8 Å². The van der Waals surface area contributed by atoms with Crippen LogP contribution in [0.25, 0.3) is 0 Å². The molecule has 12 heavy (non-hydrogen) atoms. The van der Waals surface area contributed by atoms with E-state index in [-0.39, 0.29) is 6.10 Å². The van der Waals surface area contributed by atoms with Gasteiger partial charge in [0.1, 0.15) is 0 Å². The summed E-state index contributed by atoms with van der Waals surface area (Å²) in [5.41, 5.74) is 5.50. The van der Waals surface area contributed by atoms with Crippen molar-refractivity contribution in [2.75, 3.05) is 20.2 Å². The molecule has 1 atom stereocenters. The lowest BCUT2D eigenvalue weighted by atomic mass is 10.2. The summed E-state index contributed by atoms with van der Waals surface area (Å²) in [5, 5.41) is 3.48. The number of hydrogen-bond donors (Lipinski definition) is 2. The van der Waals surface area contributed by atoms with Crippen molar-refractivity contribution < 1.29 is 4.74 Å². The predicted octanol–water partition coefficient (Wildman–Crippen LogP) is 0.492. The summed E-state index contributed by atoms with van der Waals surface area (Å²) >= 11 is 0. The van der Waals surface area contributed by atoms with Crippen molar-refractivity contribution >= 4 is 0 Å². The van der Waals surface area contributed by atoms with Gasteiger partial charge in [0, 0.05) is 26.2 Å². The Labute approximate surface area is 74.7 Å². The highest BCUT2D eigenvalue weighted by molar-refractivity contribution is 4.75. The maximum atomic E-state index is 5.50. The number of rotatable bonds is 5. The minimum Gasteiger partial charge on any atom is -0.379 e. The highest BCUT2D eigenvalue weighted by Crippen LogP contribution is 2.17. The second-order valence-corrected chi connectivity index (χ2v) is 3.48. The van der Waals surface area contributed by atoms with Gasteiger partial charge in [0.15, 0.2) is 0 Å². The van der Waals surface area contributed by atoms with Crippen LogP contribution in [0.4, 0.5) is 0 Å². The first-order chi connectivity index (χ1) is 5.86. The van der Waals surface area contributed by atoms with E-state index < -0.39 is 0 Å². The SMILES string of the molecule is COC(CN)CNC1CCCC1. The van der Waals surface area contributed by atoms with Crippen molar-refractivity contribution in [3.05, 3.63) is 0 Å². The summed E-state index contributed by atoms with van der Waals surface area (Å²) in [6.07, 6.45) is 5.57. The largest absolute Gasteiger partial charge is 0.379 e. The minimum absolute atomic E-state index is 0.186. The summed E-state index contributed by atoms with van der Waals surface area (Å²) in [6, 6.07) is 0.717. The Morgan fingerprint density at radius 2 is 2.17 bits per heavy atom. The standard InChI is InChI=1S/C9H20N2O/c1-12-9(6-10)7-11-8-4-2-3-5-8/h8-9,11H,2-7,10H2,1H3. The topological polar surface area (TPSA) is 47.3 Å². The van der Waals surface area contributed by atoms with E-state index in [4.69, 9.17) is 10.5 Å². The normalized spacial score (nSPS) is 21.5. The molecule has 3 N–H and O–H groups in total. The van der Waals surface area contributed by atoms with Crippen molar-refractivity contribution in [1.29, 1.82) is 0 Å². The Bertz CT molecular complexity index is 107. The molecule has 1 aliphatic rings. The van der Waals surface area contributed by atoms with Crippen molar-refractivity contribution in [1.82, 2.24) is 5.32 Å². The fourth-order valence-electron chi connectivity index (χ4n) is 1.69. The zero-order valence-corrected chi connectivity index (χ0v) is 7.88. The van der Waals surface area contributed by atoms with Gasteiger partial charge in [-0.25, -0.2) is 0 Å². The van der Waals surface area contributed by atoms with Gasteiger partial charge in [0.2, 0.25) is 0 Å². The number of methoxy groups -OCH3 is 1. The van der Waals surface area contributed by atoms with Gasteiger partial charge in [-0.15, -0.1) is 0 Å². The molecular formula is C9H20N2O. The quantitative estimate of drug-likeness (QED) is 0.634. The van der Waals surface area contributed by atoms with Crippen LogP contribution in [0.1, 0.15) is 25.7 Å². The molecule has 0 aromatic carbocycles. The summed E-state index contributed by atoms with van der Waals surface area (Å²) in [5.74, 6) is 0. The molecule has 1 saturated carbocycles. The zero-order chi connectivity index (χ0) is 8.81.